The molecule has 0 saturated heterocycles. The molecule has 0 saturated carbocycles. The van der Waals surface area contributed by atoms with E-state index in [1.165, 1.54) is 0 Å². The molecule has 0 spiro atoms. The van der Waals surface area contributed by atoms with E-state index in [4.69, 9.17) is 5.73 Å². The summed E-state index contributed by atoms with van der Waals surface area (Å²) in [6.07, 6.45) is 0. The van der Waals surface area contributed by atoms with Gasteiger partial charge in [-0.1, -0.05) is 30.3 Å². The van der Waals surface area contributed by atoms with E-state index in [1.54, 1.807) is 18.2 Å². The lowest BCUT2D eigenvalue weighted by Gasteiger charge is -2.21. The van der Waals surface area contributed by atoms with Crippen molar-refractivity contribution in [3.05, 3.63) is 64.1 Å². The average molecular weight is 333 g/mol. The van der Waals surface area contributed by atoms with E-state index in [9.17, 15) is 4.79 Å². The van der Waals surface area contributed by atoms with Gasteiger partial charge in [0.05, 0.1) is 0 Å². The zero-order valence-corrected chi connectivity index (χ0v) is 12.9. The van der Waals surface area contributed by atoms with Crippen LogP contribution in [0, 0.1) is 0 Å². The third-order valence-electron chi connectivity index (χ3n) is 3.13. The lowest BCUT2D eigenvalue weighted by Crippen LogP contribution is -2.30. The van der Waals surface area contributed by atoms with Gasteiger partial charge in [0.25, 0.3) is 5.91 Å². The van der Waals surface area contributed by atoms with Crippen molar-refractivity contribution in [2.75, 3.05) is 12.3 Å². The van der Waals surface area contributed by atoms with Gasteiger partial charge in [0.1, 0.15) is 0 Å². The van der Waals surface area contributed by atoms with Crippen molar-refractivity contribution in [2.45, 2.75) is 13.5 Å². The first-order chi connectivity index (χ1) is 9.61. The molecular formula is C16H17BrN2O. The molecule has 0 fully saturated rings. The van der Waals surface area contributed by atoms with Crippen LogP contribution in [0.3, 0.4) is 0 Å². The number of hydrogen-bond donors (Lipinski definition) is 1. The first kappa shape index (κ1) is 14.6. The van der Waals surface area contributed by atoms with Gasteiger partial charge in [0.15, 0.2) is 0 Å². The molecule has 20 heavy (non-hydrogen) atoms. The normalized spacial score (nSPS) is 10.3. The topological polar surface area (TPSA) is 46.3 Å². The SMILES string of the molecule is CCN(Cc1ccccc1)C(=O)c1ccc(N)c(Br)c1. The number of nitrogens with two attached hydrogens (primary N) is 1. The molecule has 2 aromatic rings. The second-order valence-corrected chi connectivity index (χ2v) is 5.40. The van der Waals surface area contributed by atoms with Crippen LogP contribution in [0.4, 0.5) is 5.69 Å². The Balaban J connectivity index is 2.18. The van der Waals surface area contributed by atoms with Gasteiger partial charge in [-0.15, -0.1) is 0 Å². The number of hydrogen-bond acceptors (Lipinski definition) is 2. The smallest absolute Gasteiger partial charge is 0.254 e. The molecule has 2 N–H and O–H groups in total. The molecule has 0 radical (unpaired) electrons. The molecular weight excluding hydrogens is 316 g/mol. The fourth-order valence-corrected chi connectivity index (χ4v) is 2.35. The van der Waals surface area contributed by atoms with Crippen LogP contribution in [-0.2, 0) is 6.54 Å². The molecule has 104 valence electrons. The van der Waals surface area contributed by atoms with Crippen LogP contribution in [0.5, 0.6) is 0 Å². The van der Waals surface area contributed by atoms with Crippen LogP contribution >= 0.6 is 15.9 Å². The van der Waals surface area contributed by atoms with E-state index in [0.717, 1.165) is 10.0 Å². The minimum Gasteiger partial charge on any atom is -0.398 e. The minimum atomic E-state index is 0.0112. The van der Waals surface area contributed by atoms with Crippen LogP contribution in [0.2, 0.25) is 0 Å². The van der Waals surface area contributed by atoms with E-state index in [0.29, 0.717) is 24.3 Å². The van der Waals surface area contributed by atoms with E-state index in [2.05, 4.69) is 15.9 Å². The lowest BCUT2D eigenvalue weighted by atomic mass is 10.1. The molecule has 1 amide bonds. The Morgan fingerprint density at radius 1 is 1.20 bits per heavy atom. The number of benzene rings is 2. The zero-order valence-electron chi connectivity index (χ0n) is 11.3. The molecule has 0 atom stereocenters. The predicted octanol–water partition coefficient (Wildman–Crippen LogP) is 3.69. The number of halogens is 1. The molecule has 0 aliphatic carbocycles. The first-order valence-corrected chi connectivity index (χ1v) is 7.29. The molecule has 0 aromatic heterocycles. The van der Waals surface area contributed by atoms with Crippen LogP contribution in [0.25, 0.3) is 0 Å². The number of carbonyl (C=O) groups is 1. The summed E-state index contributed by atoms with van der Waals surface area (Å²) in [4.78, 5) is 14.3. The standard InChI is InChI=1S/C16H17BrN2O/c1-2-19(11-12-6-4-3-5-7-12)16(20)13-8-9-15(18)14(17)10-13/h3-10H,2,11,18H2,1H3. The fourth-order valence-electron chi connectivity index (χ4n) is 1.97. The Bertz CT molecular complexity index is 599. The maximum Gasteiger partial charge on any atom is 0.254 e. The monoisotopic (exact) mass is 332 g/mol. The molecule has 3 nitrogen and oxygen atoms in total. The van der Waals surface area contributed by atoms with Crippen molar-refractivity contribution >= 4 is 27.5 Å². The Labute approximate surface area is 127 Å². The molecule has 2 rings (SSSR count). The van der Waals surface area contributed by atoms with Gasteiger partial charge in [-0.2, -0.15) is 0 Å². The summed E-state index contributed by atoms with van der Waals surface area (Å²) >= 11 is 3.36. The number of carbonyl (C=O) groups excluding carboxylic acids is 1. The highest BCUT2D eigenvalue weighted by molar-refractivity contribution is 9.10. The molecule has 0 heterocycles. The van der Waals surface area contributed by atoms with E-state index in [1.807, 2.05) is 42.2 Å². The predicted molar refractivity (Wildman–Crippen MR) is 85.4 cm³/mol. The maximum atomic E-state index is 12.5. The van der Waals surface area contributed by atoms with Crippen molar-refractivity contribution in [1.29, 1.82) is 0 Å². The van der Waals surface area contributed by atoms with E-state index in [-0.39, 0.29) is 5.91 Å². The summed E-state index contributed by atoms with van der Waals surface area (Å²) in [5, 5.41) is 0. The van der Waals surface area contributed by atoms with Crippen molar-refractivity contribution in [2.24, 2.45) is 0 Å². The fraction of sp³-hybridized carbons (Fsp3) is 0.188. The van der Waals surface area contributed by atoms with Crippen molar-refractivity contribution < 1.29 is 4.79 Å². The zero-order chi connectivity index (χ0) is 14.5. The first-order valence-electron chi connectivity index (χ1n) is 6.50. The Morgan fingerprint density at radius 3 is 2.50 bits per heavy atom. The van der Waals surface area contributed by atoms with Gasteiger partial charge in [0.2, 0.25) is 0 Å². The summed E-state index contributed by atoms with van der Waals surface area (Å²) in [7, 11) is 0. The van der Waals surface area contributed by atoms with Crippen LogP contribution in [0.1, 0.15) is 22.8 Å². The van der Waals surface area contributed by atoms with Gasteiger partial charge in [0, 0.05) is 28.8 Å². The van der Waals surface area contributed by atoms with Gasteiger partial charge in [-0.3, -0.25) is 4.79 Å². The highest BCUT2D eigenvalue weighted by atomic mass is 79.9. The van der Waals surface area contributed by atoms with Gasteiger partial charge in [-0.05, 0) is 46.6 Å². The second kappa shape index (κ2) is 6.57. The highest BCUT2D eigenvalue weighted by Gasteiger charge is 2.15. The quantitative estimate of drug-likeness (QED) is 0.868. The molecule has 0 unspecified atom stereocenters. The lowest BCUT2D eigenvalue weighted by molar-refractivity contribution is 0.0752. The molecule has 0 bridgehead atoms. The highest BCUT2D eigenvalue weighted by Crippen LogP contribution is 2.21. The minimum absolute atomic E-state index is 0.0112. The largest absolute Gasteiger partial charge is 0.398 e. The number of anilines is 1. The molecule has 4 heteroatoms. The Hall–Kier alpha value is -1.81. The van der Waals surface area contributed by atoms with Gasteiger partial charge in [-0.25, -0.2) is 0 Å². The van der Waals surface area contributed by atoms with Crippen LogP contribution in [-0.4, -0.2) is 17.4 Å². The molecule has 2 aromatic carbocycles. The molecule has 0 aliphatic rings. The number of nitrogens with zero attached hydrogens (tertiary/aromatic N) is 1. The van der Waals surface area contributed by atoms with E-state index >= 15 is 0 Å². The maximum absolute atomic E-state index is 12.5. The van der Waals surface area contributed by atoms with Crippen molar-refractivity contribution in [1.82, 2.24) is 4.90 Å². The number of rotatable bonds is 4. The summed E-state index contributed by atoms with van der Waals surface area (Å²) in [5.41, 5.74) is 8.15. The van der Waals surface area contributed by atoms with Crippen LogP contribution in [0.15, 0.2) is 53.0 Å². The van der Waals surface area contributed by atoms with Gasteiger partial charge >= 0.3 is 0 Å². The summed E-state index contributed by atoms with van der Waals surface area (Å²) in [6, 6.07) is 15.2. The van der Waals surface area contributed by atoms with E-state index < -0.39 is 0 Å². The summed E-state index contributed by atoms with van der Waals surface area (Å²) in [6.45, 7) is 3.25. The number of nitrogen functional groups attached to an aromatic ring is 1. The Morgan fingerprint density at radius 2 is 1.90 bits per heavy atom. The summed E-state index contributed by atoms with van der Waals surface area (Å²) in [5.74, 6) is 0.0112. The third kappa shape index (κ3) is 3.39. The number of amides is 1. The second-order valence-electron chi connectivity index (χ2n) is 4.54. The molecule has 0 aliphatic heterocycles. The Kier molecular flexibility index (Phi) is 4.79. The van der Waals surface area contributed by atoms with Crippen LogP contribution < -0.4 is 5.73 Å². The van der Waals surface area contributed by atoms with Crippen molar-refractivity contribution in [3.8, 4) is 0 Å². The average Bonchev–Trinajstić information content (AvgIpc) is 2.48. The third-order valence-corrected chi connectivity index (χ3v) is 3.82. The summed E-state index contributed by atoms with van der Waals surface area (Å²) < 4.78 is 0.749. The van der Waals surface area contributed by atoms with Crippen molar-refractivity contribution in [3.63, 3.8) is 0 Å². The van der Waals surface area contributed by atoms with Gasteiger partial charge < -0.3 is 10.6 Å².